The molecular formula is C16H19N3O2. The second-order valence-electron chi connectivity index (χ2n) is 5.30. The Morgan fingerprint density at radius 2 is 2.05 bits per heavy atom. The summed E-state index contributed by atoms with van der Waals surface area (Å²) in [4.78, 5) is 27.5. The van der Waals surface area contributed by atoms with Crippen LogP contribution in [0.3, 0.4) is 0 Å². The van der Waals surface area contributed by atoms with Crippen molar-refractivity contribution in [3.63, 3.8) is 0 Å². The first-order valence-corrected chi connectivity index (χ1v) is 7.08. The zero-order valence-corrected chi connectivity index (χ0v) is 12.2. The van der Waals surface area contributed by atoms with Gasteiger partial charge in [0.1, 0.15) is 5.92 Å². The number of amides is 2. The van der Waals surface area contributed by atoms with Gasteiger partial charge >= 0.3 is 0 Å². The predicted molar refractivity (Wildman–Crippen MR) is 78.1 cm³/mol. The topological polar surface area (TPSA) is 64.4 Å². The standard InChI is InChI=1S/C16H19N3O2/c1-18-8-5-9-19(12-15(18)20)16(21)14(11-17)10-13-6-3-2-4-7-13/h2-4,6-7,14H,5,8-10,12H2,1H3. The Morgan fingerprint density at radius 3 is 2.71 bits per heavy atom. The van der Waals surface area contributed by atoms with Crippen molar-refractivity contribution in [1.29, 1.82) is 5.26 Å². The average Bonchev–Trinajstić information content (AvgIpc) is 2.67. The number of nitriles is 1. The summed E-state index contributed by atoms with van der Waals surface area (Å²) >= 11 is 0. The van der Waals surface area contributed by atoms with Crippen LogP contribution < -0.4 is 0 Å². The lowest BCUT2D eigenvalue weighted by atomic mass is 9.99. The number of likely N-dealkylation sites (N-methyl/N-ethyl adjacent to an activating group) is 1. The zero-order valence-electron chi connectivity index (χ0n) is 12.2. The van der Waals surface area contributed by atoms with Crippen LogP contribution in [0.2, 0.25) is 0 Å². The van der Waals surface area contributed by atoms with Gasteiger partial charge in [-0.1, -0.05) is 30.3 Å². The Bertz CT molecular complexity index is 550. The molecule has 1 heterocycles. The van der Waals surface area contributed by atoms with Crippen molar-refractivity contribution >= 4 is 11.8 Å². The molecule has 0 aromatic heterocycles. The number of hydrogen-bond acceptors (Lipinski definition) is 3. The third-order valence-corrected chi connectivity index (χ3v) is 3.72. The van der Waals surface area contributed by atoms with Gasteiger partial charge in [-0.25, -0.2) is 0 Å². The summed E-state index contributed by atoms with van der Waals surface area (Å²) in [5, 5.41) is 9.28. The van der Waals surface area contributed by atoms with Gasteiger partial charge in [0.2, 0.25) is 11.8 Å². The highest BCUT2D eigenvalue weighted by atomic mass is 16.2. The highest BCUT2D eigenvalue weighted by Crippen LogP contribution is 2.13. The van der Waals surface area contributed by atoms with E-state index in [1.54, 1.807) is 11.9 Å². The molecule has 0 N–H and O–H groups in total. The fourth-order valence-electron chi connectivity index (χ4n) is 2.43. The van der Waals surface area contributed by atoms with Crippen LogP contribution in [0.4, 0.5) is 0 Å². The van der Waals surface area contributed by atoms with Gasteiger partial charge in [-0.15, -0.1) is 0 Å². The molecule has 1 aliphatic heterocycles. The Labute approximate surface area is 124 Å². The van der Waals surface area contributed by atoms with Gasteiger partial charge in [-0.05, 0) is 18.4 Å². The first-order chi connectivity index (χ1) is 10.1. The van der Waals surface area contributed by atoms with Crippen LogP contribution in [0, 0.1) is 17.2 Å². The van der Waals surface area contributed by atoms with E-state index in [0.717, 1.165) is 12.0 Å². The van der Waals surface area contributed by atoms with E-state index < -0.39 is 5.92 Å². The van der Waals surface area contributed by atoms with Gasteiger partial charge in [0.05, 0.1) is 12.6 Å². The molecule has 0 saturated carbocycles. The third kappa shape index (κ3) is 3.82. The molecule has 2 amide bonds. The van der Waals surface area contributed by atoms with E-state index in [0.29, 0.717) is 19.5 Å². The molecule has 1 aromatic rings. The number of carbonyl (C=O) groups excluding carboxylic acids is 2. The zero-order chi connectivity index (χ0) is 15.2. The maximum absolute atomic E-state index is 12.5. The van der Waals surface area contributed by atoms with Crippen molar-refractivity contribution in [3.8, 4) is 6.07 Å². The van der Waals surface area contributed by atoms with Crippen LogP contribution in [0.25, 0.3) is 0 Å². The van der Waals surface area contributed by atoms with Crippen molar-refractivity contribution in [2.24, 2.45) is 5.92 Å². The summed E-state index contributed by atoms with van der Waals surface area (Å²) in [6, 6.07) is 11.6. The summed E-state index contributed by atoms with van der Waals surface area (Å²) in [6.45, 7) is 1.25. The first kappa shape index (κ1) is 15.0. The Kier molecular flexibility index (Phi) is 4.94. The lowest BCUT2D eigenvalue weighted by Crippen LogP contribution is -2.41. The van der Waals surface area contributed by atoms with Gasteiger partial charge in [0, 0.05) is 20.1 Å². The van der Waals surface area contributed by atoms with Crippen molar-refractivity contribution in [1.82, 2.24) is 9.80 Å². The van der Waals surface area contributed by atoms with E-state index in [1.165, 1.54) is 4.90 Å². The van der Waals surface area contributed by atoms with Gasteiger partial charge in [0.25, 0.3) is 0 Å². The van der Waals surface area contributed by atoms with E-state index in [-0.39, 0.29) is 18.4 Å². The molecule has 1 fully saturated rings. The van der Waals surface area contributed by atoms with Crippen LogP contribution in [0.1, 0.15) is 12.0 Å². The van der Waals surface area contributed by atoms with Crippen molar-refractivity contribution in [2.45, 2.75) is 12.8 Å². The molecule has 1 aromatic carbocycles. The molecule has 0 aliphatic carbocycles. The molecule has 5 heteroatoms. The predicted octanol–water partition coefficient (Wildman–Crippen LogP) is 1.06. The molecule has 0 bridgehead atoms. The molecule has 5 nitrogen and oxygen atoms in total. The molecular weight excluding hydrogens is 266 g/mol. The van der Waals surface area contributed by atoms with E-state index in [9.17, 15) is 14.9 Å². The highest BCUT2D eigenvalue weighted by Gasteiger charge is 2.28. The molecule has 0 radical (unpaired) electrons. The first-order valence-electron chi connectivity index (χ1n) is 7.08. The fraction of sp³-hybridized carbons (Fsp3) is 0.438. The minimum absolute atomic E-state index is 0.0717. The maximum Gasteiger partial charge on any atom is 0.241 e. The minimum atomic E-state index is -0.733. The minimum Gasteiger partial charge on any atom is -0.344 e. The number of carbonyl (C=O) groups is 2. The van der Waals surface area contributed by atoms with Crippen molar-refractivity contribution < 1.29 is 9.59 Å². The van der Waals surface area contributed by atoms with Gasteiger partial charge in [-0.2, -0.15) is 5.26 Å². The Hall–Kier alpha value is -2.35. The van der Waals surface area contributed by atoms with Crippen LogP contribution in [0.5, 0.6) is 0 Å². The number of rotatable bonds is 3. The van der Waals surface area contributed by atoms with Crippen LogP contribution >= 0.6 is 0 Å². The van der Waals surface area contributed by atoms with Crippen LogP contribution in [0.15, 0.2) is 30.3 Å². The van der Waals surface area contributed by atoms with Crippen LogP contribution in [-0.2, 0) is 16.0 Å². The third-order valence-electron chi connectivity index (χ3n) is 3.72. The summed E-state index contributed by atoms with van der Waals surface area (Å²) in [7, 11) is 1.74. The molecule has 1 unspecified atom stereocenters. The average molecular weight is 285 g/mol. The lowest BCUT2D eigenvalue weighted by molar-refractivity contribution is -0.139. The van der Waals surface area contributed by atoms with E-state index in [2.05, 4.69) is 6.07 Å². The van der Waals surface area contributed by atoms with Crippen LogP contribution in [-0.4, -0.2) is 48.3 Å². The van der Waals surface area contributed by atoms with Crippen molar-refractivity contribution in [3.05, 3.63) is 35.9 Å². The van der Waals surface area contributed by atoms with Gasteiger partial charge in [-0.3, -0.25) is 9.59 Å². The molecule has 110 valence electrons. The SMILES string of the molecule is CN1CCCN(C(=O)C(C#N)Cc2ccccc2)CC1=O. The molecule has 1 atom stereocenters. The van der Waals surface area contributed by atoms with Crippen molar-refractivity contribution in [2.75, 3.05) is 26.7 Å². The summed E-state index contributed by atoms with van der Waals surface area (Å²) in [5.41, 5.74) is 0.954. The summed E-state index contributed by atoms with van der Waals surface area (Å²) in [6.07, 6.45) is 1.13. The second kappa shape index (κ2) is 6.89. The molecule has 21 heavy (non-hydrogen) atoms. The van der Waals surface area contributed by atoms with Gasteiger partial charge in [0.15, 0.2) is 0 Å². The maximum atomic E-state index is 12.5. The quantitative estimate of drug-likeness (QED) is 0.834. The number of hydrogen-bond donors (Lipinski definition) is 0. The fourth-order valence-corrected chi connectivity index (χ4v) is 2.43. The molecule has 0 spiro atoms. The summed E-state index contributed by atoms with van der Waals surface area (Å²) < 4.78 is 0. The molecule has 1 saturated heterocycles. The Balaban J connectivity index is 2.06. The second-order valence-corrected chi connectivity index (χ2v) is 5.30. The van der Waals surface area contributed by atoms with E-state index in [1.807, 2.05) is 30.3 Å². The molecule has 1 aliphatic rings. The normalized spacial score (nSPS) is 17.0. The molecule has 2 rings (SSSR count). The van der Waals surface area contributed by atoms with Gasteiger partial charge < -0.3 is 9.80 Å². The smallest absolute Gasteiger partial charge is 0.241 e. The lowest BCUT2D eigenvalue weighted by Gasteiger charge is -2.22. The number of benzene rings is 1. The number of nitrogens with zero attached hydrogens (tertiary/aromatic N) is 3. The summed E-state index contributed by atoms with van der Waals surface area (Å²) in [5.74, 6) is -1.05. The largest absolute Gasteiger partial charge is 0.344 e. The van der Waals surface area contributed by atoms with E-state index >= 15 is 0 Å². The highest BCUT2D eigenvalue weighted by molar-refractivity contribution is 5.87. The monoisotopic (exact) mass is 285 g/mol. The van der Waals surface area contributed by atoms with E-state index in [4.69, 9.17) is 0 Å². The Morgan fingerprint density at radius 1 is 1.33 bits per heavy atom.